The van der Waals surface area contributed by atoms with Gasteiger partial charge in [0.25, 0.3) is 0 Å². The Labute approximate surface area is 94.5 Å². The molecule has 0 aromatic carbocycles. The molecule has 15 heavy (non-hydrogen) atoms. The minimum atomic E-state index is -0.102. The van der Waals surface area contributed by atoms with Crippen LogP contribution in [0.15, 0.2) is 0 Å². The number of aliphatic hydroxyl groups excluding tert-OH is 1. The maximum Gasteiger partial charge on any atom is 0.0693 e. The third-order valence-electron chi connectivity index (χ3n) is 3.58. The van der Waals surface area contributed by atoms with Gasteiger partial charge in [0.15, 0.2) is 0 Å². The van der Waals surface area contributed by atoms with Crippen LogP contribution in [0.2, 0.25) is 0 Å². The van der Waals surface area contributed by atoms with Crippen LogP contribution in [0.5, 0.6) is 0 Å². The first-order valence-electron chi connectivity index (χ1n) is 6.72. The highest BCUT2D eigenvalue weighted by Gasteiger charge is 2.24. The number of hydrogen-bond donors (Lipinski definition) is 2. The van der Waals surface area contributed by atoms with Gasteiger partial charge in [0.2, 0.25) is 0 Å². The Morgan fingerprint density at radius 3 is 2.60 bits per heavy atom. The molecular weight excluding hydrogens is 186 g/mol. The van der Waals surface area contributed by atoms with Crippen LogP contribution >= 0.6 is 0 Å². The van der Waals surface area contributed by atoms with Crippen LogP contribution in [-0.4, -0.2) is 23.3 Å². The second-order valence-electron chi connectivity index (χ2n) is 4.87. The zero-order valence-electron chi connectivity index (χ0n) is 10.3. The molecule has 0 saturated heterocycles. The van der Waals surface area contributed by atoms with Crippen molar-refractivity contribution in [1.82, 2.24) is 5.32 Å². The third kappa shape index (κ3) is 4.52. The van der Waals surface area contributed by atoms with E-state index >= 15 is 0 Å². The minimum absolute atomic E-state index is 0.102. The zero-order chi connectivity index (χ0) is 11.1. The molecule has 0 aromatic heterocycles. The lowest BCUT2D eigenvalue weighted by molar-refractivity contribution is 0.0836. The molecule has 2 heteroatoms. The smallest absolute Gasteiger partial charge is 0.0693 e. The summed E-state index contributed by atoms with van der Waals surface area (Å²) in [5, 5.41) is 13.5. The van der Waals surface area contributed by atoms with E-state index in [4.69, 9.17) is 0 Å². The average Bonchev–Trinajstić information content (AvgIpc) is 2.26. The van der Waals surface area contributed by atoms with Crippen LogP contribution < -0.4 is 5.32 Å². The van der Waals surface area contributed by atoms with Crippen molar-refractivity contribution >= 4 is 0 Å². The Bertz CT molecular complexity index is 161. The Morgan fingerprint density at radius 1 is 1.27 bits per heavy atom. The van der Waals surface area contributed by atoms with E-state index in [2.05, 4.69) is 19.2 Å². The molecule has 2 N–H and O–H groups in total. The molecular formula is C13H27NO. The molecule has 2 nitrogen and oxygen atoms in total. The van der Waals surface area contributed by atoms with E-state index in [1.165, 1.54) is 38.5 Å². The van der Waals surface area contributed by atoms with Gasteiger partial charge in [0, 0.05) is 12.1 Å². The maximum atomic E-state index is 9.88. The highest BCUT2D eigenvalue weighted by molar-refractivity contribution is 4.83. The molecule has 0 amide bonds. The first-order chi connectivity index (χ1) is 7.27. The molecule has 90 valence electrons. The van der Waals surface area contributed by atoms with E-state index in [0.717, 1.165) is 12.8 Å². The van der Waals surface area contributed by atoms with Gasteiger partial charge in [-0.1, -0.05) is 39.5 Å². The third-order valence-corrected chi connectivity index (χ3v) is 3.58. The van der Waals surface area contributed by atoms with Crippen LogP contribution in [0.3, 0.4) is 0 Å². The zero-order valence-corrected chi connectivity index (χ0v) is 10.3. The molecule has 0 heterocycles. The summed E-state index contributed by atoms with van der Waals surface area (Å²) in [7, 11) is 0. The van der Waals surface area contributed by atoms with Crippen molar-refractivity contribution in [2.45, 2.75) is 83.4 Å². The highest BCUT2D eigenvalue weighted by atomic mass is 16.3. The Hall–Kier alpha value is -0.0800. The molecule has 0 aromatic rings. The van der Waals surface area contributed by atoms with Gasteiger partial charge in [-0.05, 0) is 25.7 Å². The lowest BCUT2D eigenvalue weighted by Gasteiger charge is -2.32. The predicted octanol–water partition coefficient (Wildman–Crippen LogP) is 2.85. The number of hydrogen-bond acceptors (Lipinski definition) is 2. The van der Waals surface area contributed by atoms with E-state index in [9.17, 15) is 5.11 Å². The summed E-state index contributed by atoms with van der Waals surface area (Å²) in [6.45, 7) is 4.48. The molecule has 3 atom stereocenters. The van der Waals surface area contributed by atoms with Crippen molar-refractivity contribution in [3.8, 4) is 0 Å². The van der Waals surface area contributed by atoms with Crippen LogP contribution in [0.4, 0.5) is 0 Å². The summed E-state index contributed by atoms with van der Waals surface area (Å²) in [6.07, 6.45) is 9.53. The Morgan fingerprint density at radius 2 is 2.00 bits per heavy atom. The highest BCUT2D eigenvalue weighted by Crippen LogP contribution is 2.19. The van der Waals surface area contributed by atoms with Gasteiger partial charge in [0.05, 0.1) is 6.10 Å². The summed E-state index contributed by atoms with van der Waals surface area (Å²) in [5.41, 5.74) is 0. The lowest BCUT2D eigenvalue weighted by atomic mass is 9.91. The summed E-state index contributed by atoms with van der Waals surface area (Å²) in [4.78, 5) is 0. The molecule has 1 aliphatic rings. The van der Waals surface area contributed by atoms with E-state index in [1.54, 1.807) is 0 Å². The number of rotatable bonds is 6. The van der Waals surface area contributed by atoms with E-state index in [0.29, 0.717) is 12.1 Å². The van der Waals surface area contributed by atoms with Crippen molar-refractivity contribution < 1.29 is 5.11 Å². The largest absolute Gasteiger partial charge is 0.392 e. The summed E-state index contributed by atoms with van der Waals surface area (Å²) in [6, 6.07) is 0.975. The van der Waals surface area contributed by atoms with Gasteiger partial charge in [0.1, 0.15) is 0 Å². The second-order valence-corrected chi connectivity index (χ2v) is 4.87. The van der Waals surface area contributed by atoms with Crippen LogP contribution in [0.1, 0.15) is 65.2 Å². The van der Waals surface area contributed by atoms with E-state index < -0.39 is 0 Å². The van der Waals surface area contributed by atoms with Crippen molar-refractivity contribution in [1.29, 1.82) is 0 Å². The fourth-order valence-electron chi connectivity index (χ4n) is 2.46. The normalized spacial score (nSPS) is 29.0. The minimum Gasteiger partial charge on any atom is -0.392 e. The predicted molar refractivity (Wildman–Crippen MR) is 65.0 cm³/mol. The van der Waals surface area contributed by atoms with Gasteiger partial charge in [-0.2, -0.15) is 0 Å². The average molecular weight is 213 g/mol. The quantitative estimate of drug-likeness (QED) is 0.711. The Kier molecular flexibility index (Phi) is 6.26. The van der Waals surface area contributed by atoms with Crippen molar-refractivity contribution in [2.75, 3.05) is 0 Å². The molecule has 0 bridgehead atoms. The SMILES string of the molecule is CCCC[C@@H](CC)N[C@@H]1CCCC[C@@H]1O. The molecule has 1 fully saturated rings. The van der Waals surface area contributed by atoms with Crippen LogP contribution in [-0.2, 0) is 0 Å². The molecule has 1 rings (SSSR count). The van der Waals surface area contributed by atoms with E-state index in [-0.39, 0.29) is 6.10 Å². The van der Waals surface area contributed by atoms with Gasteiger partial charge in [-0.15, -0.1) is 0 Å². The van der Waals surface area contributed by atoms with Gasteiger partial charge in [-0.25, -0.2) is 0 Å². The Balaban J connectivity index is 2.29. The van der Waals surface area contributed by atoms with E-state index in [1.807, 2.05) is 0 Å². The molecule has 1 saturated carbocycles. The number of aliphatic hydroxyl groups is 1. The molecule has 0 aliphatic heterocycles. The summed E-state index contributed by atoms with van der Waals surface area (Å²) in [5.74, 6) is 0. The van der Waals surface area contributed by atoms with Crippen molar-refractivity contribution in [2.24, 2.45) is 0 Å². The summed E-state index contributed by atoms with van der Waals surface area (Å²) < 4.78 is 0. The topological polar surface area (TPSA) is 32.3 Å². The summed E-state index contributed by atoms with van der Waals surface area (Å²) >= 11 is 0. The first kappa shape index (κ1) is 13.0. The van der Waals surface area contributed by atoms with Crippen molar-refractivity contribution in [3.05, 3.63) is 0 Å². The molecule has 0 spiro atoms. The molecule has 1 aliphatic carbocycles. The monoisotopic (exact) mass is 213 g/mol. The second kappa shape index (κ2) is 7.24. The maximum absolute atomic E-state index is 9.88. The number of unbranched alkanes of at least 4 members (excludes halogenated alkanes) is 1. The molecule has 0 radical (unpaired) electrons. The number of nitrogens with one attached hydrogen (secondary N) is 1. The van der Waals surface area contributed by atoms with Gasteiger partial charge in [-0.3, -0.25) is 0 Å². The van der Waals surface area contributed by atoms with Crippen LogP contribution in [0, 0.1) is 0 Å². The first-order valence-corrected chi connectivity index (χ1v) is 6.72. The van der Waals surface area contributed by atoms with Gasteiger partial charge >= 0.3 is 0 Å². The fraction of sp³-hybridized carbons (Fsp3) is 1.00. The van der Waals surface area contributed by atoms with Crippen molar-refractivity contribution in [3.63, 3.8) is 0 Å². The van der Waals surface area contributed by atoms with Crippen LogP contribution in [0.25, 0.3) is 0 Å². The fourth-order valence-corrected chi connectivity index (χ4v) is 2.46. The lowest BCUT2D eigenvalue weighted by Crippen LogP contribution is -2.46. The standard InChI is InChI=1S/C13H27NO/c1-3-5-8-11(4-2)14-12-9-6-7-10-13(12)15/h11-15H,3-10H2,1-2H3/t11-,12-,13+/m1/s1. The molecule has 0 unspecified atom stereocenters. The van der Waals surface area contributed by atoms with Gasteiger partial charge < -0.3 is 10.4 Å².